The van der Waals surface area contributed by atoms with Gasteiger partial charge in [-0.2, -0.15) is 0 Å². The lowest BCUT2D eigenvalue weighted by atomic mass is 9.91. The highest BCUT2D eigenvalue weighted by Crippen LogP contribution is 2.38. The van der Waals surface area contributed by atoms with Crippen LogP contribution in [0.25, 0.3) is 0 Å². The number of hydrogen-bond acceptors (Lipinski definition) is 4. The van der Waals surface area contributed by atoms with E-state index in [1.165, 1.54) is 0 Å². The van der Waals surface area contributed by atoms with Gasteiger partial charge in [0.2, 0.25) is 0 Å². The molecular formula is C17H30Cl3NO4Si. The van der Waals surface area contributed by atoms with Crippen LogP contribution < -0.4 is 5.32 Å². The highest BCUT2D eigenvalue weighted by molar-refractivity contribution is 6.76. The first-order valence-corrected chi connectivity index (χ1v) is 12.5. The molecule has 0 spiro atoms. The molecule has 2 atom stereocenters. The fourth-order valence-electron chi connectivity index (χ4n) is 2.19. The van der Waals surface area contributed by atoms with Crippen molar-refractivity contribution in [2.24, 2.45) is 0 Å². The Hall–Kier alpha value is 0.177. The Morgan fingerprint density at radius 1 is 1.35 bits per heavy atom. The lowest BCUT2D eigenvalue weighted by Gasteiger charge is -2.49. The molecule has 9 heteroatoms. The van der Waals surface area contributed by atoms with Crippen molar-refractivity contribution in [3.05, 3.63) is 12.7 Å². The molecule has 1 amide bonds. The third kappa shape index (κ3) is 5.84. The van der Waals surface area contributed by atoms with Gasteiger partial charge in [-0.25, -0.2) is 0 Å². The van der Waals surface area contributed by atoms with Crippen molar-refractivity contribution in [2.45, 2.75) is 74.0 Å². The summed E-state index contributed by atoms with van der Waals surface area (Å²) in [6.07, 6.45) is 1.00. The van der Waals surface area contributed by atoms with Crippen molar-refractivity contribution in [2.75, 3.05) is 13.2 Å². The SMILES string of the molecule is C=C[C@@]1(NC(=O)C(Cl)(Cl)Cl)COC(C)(C)O[C@@H]1CO[Si](C)(C)C(C)(C)C. The van der Waals surface area contributed by atoms with Gasteiger partial charge < -0.3 is 19.2 Å². The summed E-state index contributed by atoms with van der Waals surface area (Å²) in [4.78, 5) is 12.3. The first-order chi connectivity index (χ1) is 11.5. The molecule has 1 heterocycles. The van der Waals surface area contributed by atoms with E-state index in [1.807, 2.05) is 0 Å². The van der Waals surface area contributed by atoms with Crippen molar-refractivity contribution in [1.82, 2.24) is 5.32 Å². The summed E-state index contributed by atoms with van der Waals surface area (Å²) >= 11 is 17.1. The lowest BCUT2D eigenvalue weighted by Crippen LogP contribution is -2.68. The Morgan fingerprint density at radius 2 is 1.88 bits per heavy atom. The van der Waals surface area contributed by atoms with Crippen molar-refractivity contribution in [3.63, 3.8) is 0 Å². The van der Waals surface area contributed by atoms with Crippen molar-refractivity contribution < 1.29 is 18.7 Å². The van der Waals surface area contributed by atoms with Crippen LogP contribution in [0.15, 0.2) is 12.7 Å². The fraction of sp³-hybridized carbons (Fsp3) is 0.824. The van der Waals surface area contributed by atoms with E-state index in [4.69, 9.17) is 48.7 Å². The molecule has 1 saturated heterocycles. The van der Waals surface area contributed by atoms with E-state index >= 15 is 0 Å². The van der Waals surface area contributed by atoms with Crippen LogP contribution in [0.1, 0.15) is 34.6 Å². The number of carbonyl (C=O) groups excluding carboxylic acids is 1. The number of rotatable bonds is 5. The second-order valence-corrected chi connectivity index (χ2v) is 15.7. The van der Waals surface area contributed by atoms with Gasteiger partial charge in [-0.3, -0.25) is 4.79 Å². The highest BCUT2D eigenvalue weighted by Gasteiger charge is 2.50. The van der Waals surface area contributed by atoms with Crippen LogP contribution in [-0.2, 0) is 18.7 Å². The number of hydrogen-bond donors (Lipinski definition) is 1. The molecule has 0 aromatic heterocycles. The summed E-state index contributed by atoms with van der Waals surface area (Å²) in [6.45, 7) is 18.6. The van der Waals surface area contributed by atoms with E-state index in [2.05, 4.69) is 45.8 Å². The summed E-state index contributed by atoms with van der Waals surface area (Å²) in [7, 11) is -2.03. The summed E-state index contributed by atoms with van der Waals surface area (Å²) < 4.78 is 16.0. The molecule has 0 aromatic carbocycles. The maximum atomic E-state index is 12.3. The molecule has 26 heavy (non-hydrogen) atoms. The van der Waals surface area contributed by atoms with E-state index in [9.17, 15) is 4.79 Å². The Kier molecular flexibility index (Phi) is 7.35. The van der Waals surface area contributed by atoms with Gasteiger partial charge in [0.05, 0.1) is 13.2 Å². The van der Waals surface area contributed by atoms with E-state index in [0.717, 1.165) is 0 Å². The largest absolute Gasteiger partial charge is 0.414 e. The normalized spacial score (nSPS) is 27.1. The molecule has 1 aliphatic rings. The molecule has 0 aromatic rings. The molecule has 1 N–H and O–H groups in total. The molecular weight excluding hydrogens is 417 g/mol. The zero-order valence-electron chi connectivity index (χ0n) is 16.5. The smallest absolute Gasteiger partial charge is 0.273 e. The second-order valence-electron chi connectivity index (χ2n) is 8.56. The van der Waals surface area contributed by atoms with Gasteiger partial charge in [-0.05, 0) is 32.0 Å². The average molecular weight is 447 g/mol. The van der Waals surface area contributed by atoms with Gasteiger partial charge in [-0.1, -0.05) is 61.7 Å². The van der Waals surface area contributed by atoms with Gasteiger partial charge in [0.25, 0.3) is 9.70 Å². The maximum absolute atomic E-state index is 12.3. The van der Waals surface area contributed by atoms with Gasteiger partial charge in [0.1, 0.15) is 11.6 Å². The number of carbonyl (C=O) groups is 1. The molecule has 0 aliphatic carbocycles. The Morgan fingerprint density at radius 3 is 2.31 bits per heavy atom. The number of halogens is 3. The Balaban J connectivity index is 3.10. The quantitative estimate of drug-likeness (QED) is 0.382. The molecule has 1 aliphatic heterocycles. The minimum atomic E-state index is -2.10. The van der Waals surface area contributed by atoms with E-state index < -0.39 is 35.4 Å². The molecule has 1 rings (SSSR count). The van der Waals surface area contributed by atoms with Crippen LogP contribution in [0.2, 0.25) is 18.1 Å². The molecule has 0 saturated carbocycles. The first-order valence-electron chi connectivity index (χ1n) is 8.44. The first kappa shape index (κ1) is 24.2. The monoisotopic (exact) mass is 445 g/mol. The van der Waals surface area contributed by atoms with Crippen LogP contribution in [0.3, 0.4) is 0 Å². The Labute approximate surface area is 172 Å². The van der Waals surface area contributed by atoms with Crippen LogP contribution in [0.5, 0.6) is 0 Å². The molecule has 5 nitrogen and oxygen atoms in total. The topological polar surface area (TPSA) is 56.8 Å². The van der Waals surface area contributed by atoms with E-state index in [0.29, 0.717) is 0 Å². The van der Waals surface area contributed by atoms with Crippen LogP contribution >= 0.6 is 34.8 Å². The summed E-state index contributed by atoms with van der Waals surface area (Å²) in [5.41, 5.74) is -1.07. The summed E-state index contributed by atoms with van der Waals surface area (Å²) in [6, 6.07) is 0. The number of alkyl halides is 3. The van der Waals surface area contributed by atoms with Crippen LogP contribution in [0.4, 0.5) is 0 Å². The predicted octanol–water partition coefficient (Wildman–Crippen LogP) is 4.57. The number of nitrogens with one attached hydrogen (secondary N) is 1. The molecule has 0 bridgehead atoms. The molecule has 0 unspecified atom stereocenters. The fourth-order valence-corrected chi connectivity index (χ4v) is 3.33. The summed E-state index contributed by atoms with van der Waals surface area (Å²) in [5, 5.41) is 2.75. The molecule has 152 valence electrons. The van der Waals surface area contributed by atoms with Gasteiger partial charge in [-0.15, -0.1) is 6.58 Å². The highest BCUT2D eigenvalue weighted by atomic mass is 35.6. The minimum absolute atomic E-state index is 0.0331. The van der Waals surface area contributed by atoms with Crippen molar-refractivity contribution in [3.8, 4) is 0 Å². The average Bonchev–Trinajstić information content (AvgIpc) is 2.45. The maximum Gasteiger partial charge on any atom is 0.273 e. The van der Waals surface area contributed by atoms with Gasteiger partial charge in [0.15, 0.2) is 14.1 Å². The minimum Gasteiger partial charge on any atom is -0.414 e. The van der Waals surface area contributed by atoms with E-state index in [1.54, 1.807) is 19.9 Å². The van der Waals surface area contributed by atoms with Gasteiger partial charge >= 0.3 is 0 Å². The standard InChI is InChI=1S/C17H30Cl3NO4Si/c1-9-16(21-13(22)17(18,19)20)11-23-15(5,6)25-12(16)10-24-26(7,8)14(2,3)4/h9,12H,1,10-11H2,2-8H3,(H,21,22)/t12-,16-/m1/s1. The van der Waals surface area contributed by atoms with Crippen molar-refractivity contribution >= 4 is 49.0 Å². The Bertz CT molecular complexity index is 543. The summed E-state index contributed by atoms with van der Waals surface area (Å²) in [5.74, 6) is -1.61. The zero-order chi connectivity index (χ0) is 20.6. The van der Waals surface area contributed by atoms with E-state index in [-0.39, 0.29) is 18.3 Å². The third-order valence-corrected chi connectivity index (χ3v) is 10.0. The zero-order valence-corrected chi connectivity index (χ0v) is 19.8. The molecule has 1 fully saturated rings. The predicted molar refractivity (Wildman–Crippen MR) is 109 cm³/mol. The third-order valence-electron chi connectivity index (χ3n) is 5.03. The lowest BCUT2D eigenvalue weighted by molar-refractivity contribution is -0.298. The van der Waals surface area contributed by atoms with Crippen LogP contribution in [0, 0.1) is 0 Å². The second kappa shape index (κ2) is 7.89. The van der Waals surface area contributed by atoms with Crippen molar-refractivity contribution in [1.29, 1.82) is 0 Å². The van der Waals surface area contributed by atoms with Crippen LogP contribution in [-0.4, -0.2) is 48.7 Å². The number of ether oxygens (including phenoxy) is 2. The number of amides is 1. The molecule has 0 radical (unpaired) electrons. The van der Waals surface area contributed by atoms with Gasteiger partial charge in [0, 0.05) is 0 Å².